The number of esters is 1. The number of allylic oxidation sites excluding steroid dienone is 1. The molecule has 2 amide bonds. The van der Waals surface area contributed by atoms with Crippen LogP contribution in [0.2, 0.25) is 0 Å². The lowest BCUT2D eigenvalue weighted by atomic mass is 9.55. The molecular weight excluding hydrogens is 604 g/mol. The first-order valence-corrected chi connectivity index (χ1v) is 17.4. The number of H-pyrrole nitrogens is 1. The summed E-state index contributed by atoms with van der Waals surface area (Å²) >= 11 is 0. The van der Waals surface area contributed by atoms with Gasteiger partial charge in [-0.05, 0) is 92.5 Å². The van der Waals surface area contributed by atoms with Crippen molar-refractivity contribution in [2.75, 3.05) is 13.7 Å². The Morgan fingerprint density at radius 3 is 2.42 bits per heavy atom. The molecule has 9 nitrogen and oxygen atoms in total. The molecule has 4 saturated carbocycles. The standard InChI is InChI=1S/C39H46N4O5/c1-39(21-31-22-40-34-13-7-6-12-33(31)34,42-38(46)48-35-29-16-26-15-27(18-29)19-30(35)17-26)37(45)41-32(20-25-9-4-3-5-10-25)24-47-36(44)28-11-8-14-43(2)23-28/h3-10,12-14,22-23,26-27,29-30,32,35,40H,11,15-21,24H2,1-2H3,(H,41,45)(H,42,46). The largest absolute Gasteiger partial charge is 0.460 e. The van der Waals surface area contributed by atoms with Gasteiger partial charge in [0.2, 0.25) is 5.91 Å². The number of benzene rings is 2. The molecule has 2 unspecified atom stereocenters. The van der Waals surface area contributed by atoms with Crippen molar-refractivity contribution in [3.8, 4) is 0 Å². The third-order valence-corrected chi connectivity index (χ3v) is 10.9. The predicted molar refractivity (Wildman–Crippen MR) is 183 cm³/mol. The number of rotatable bonds is 11. The van der Waals surface area contributed by atoms with Crippen LogP contribution in [-0.2, 0) is 31.9 Å². The van der Waals surface area contributed by atoms with Crippen LogP contribution >= 0.6 is 0 Å². The van der Waals surface area contributed by atoms with Crippen LogP contribution in [0.3, 0.4) is 0 Å². The summed E-state index contributed by atoms with van der Waals surface area (Å²) in [7, 11) is 1.86. The number of alkyl carbamates (subject to hydrolysis) is 1. The quantitative estimate of drug-likeness (QED) is 0.219. The molecule has 4 fully saturated rings. The van der Waals surface area contributed by atoms with Crippen LogP contribution in [0.4, 0.5) is 4.79 Å². The molecular formula is C39H46N4O5. The van der Waals surface area contributed by atoms with Crippen molar-refractivity contribution in [3.05, 3.63) is 96.0 Å². The van der Waals surface area contributed by atoms with Crippen molar-refractivity contribution in [3.63, 3.8) is 0 Å². The Bertz CT molecular complexity index is 1690. The summed E-state index contributed by atoms with van der Waals surface area (Å²) in [4.78, 5) is 46.3. The SMILES string of the molecule is CN1C=CCC(C(=O)OCC(Cc2ccccc2)NC(=O)C(C)(Cc2c[nH]c3ccccc23)NC(=O)OC2C3CC4CC(C3)CC2C4)=C1. The second-order valence-corrected chi connectivity index (χ2v) is 14.7. The number of amides is 2. The van der Waals surface area contributed by atoms with Crippen molar-refractivity contribution in [2.45, 2.75) is 76.0 Å². The minimum atomic E-state index is -1.35. The van der Waals surface area contributed by atoms with Gasteiger partial charge in [-0.15, -0.1) is 0 Å². The van der Waals surface area contributed by atoms with Crippen LogP contribution in [0, 0.1) is 23.7 Å². The molecule has 2 atom stereocenters. The molecule has 1 aliphatic heterocycles. The van der Waals surface area contributed by atoms with E-state index >= 15 is 0 Å². The third-order valence-electron chi connectivity index (χ3n) is 10.9. The highest BCUT2D eigenvalue weighted by Crippen LogP contribution is 2.54. The maximum absolute atomic E-state index is 14.4. The van der Waals surface area contributed by atoms with E-state index < -0.39 is 23.6 Å². The summed E-state index contributed by atoms with van der Waals surface area (Å²) in [5.41, 5.74) is 2.05. The van der Waals surface area contributed by atoms with Crippen LogP contribution in [0.5, 0.6) is 0 Å². The second-order valence-electron chi connectivity index (χ2n) is 14.7. The number of hydrogen-bond acceptors (Lipinski definition) is 6. The number of nitrogens with zero attached hydrogens (tertiary/aromatic N) is 1. The molecule has 1 aromatic heterocycles. The first-order chi connectivity index (χ1) is 23.2. The lowest BCUT2D eigenvalue weighted by Crippen LogP contribution is -2.61. The van der Waals surface area contributed by atoms with E-state index in [1.165, 1.54) is 6.42 Å². The van der Waals surface area contributed by atoms with Gasteiger partial charge in [0.25, 0.3) is 0 Å². The van der Waals surface area contributed by atoms with Gasteiger partial charge in [-0.25, -0.2) is 9.59 Å². The van der Waals surface area contributed by atoms with Crippen molar-refractivity contribution in [1.29, 1.82) is 0 Å². The molecule has 0 spiro atoms. The van der Waals surface area contributed by atoms with E-state index in [4.69, 9.17) is 9.47 Å². The molecule has 9 heteroatoms. The molecule has 3 aromatic rings. The summed E-state index contributed by atoms with van der Waals surface area (Å²) in [5.74, 6) is 1.54. The Morgan fingerprint density at radius 1 is 0.979 bits per heavy atom. The molecule has 0 radical (unpaired) electrons. The van der Waals surface area contributed by atoms with E-state index in [1.807, 2.05) is 85.0 Å². The van der Waals surface area contributed by atoms with Crippen LogP contribution in [0.1, 0.15) is 56.6 Å². The van der Waals surface area contributed by atoms with Gasteiger partial charge >= 0.3 is 12.1 Å². The minimum Gasteiger partial charge on any atom is -0.460 e. The minimum absolute atomic E-state index is 0.0222. The molecule has 4 aliphatic carbocycles. The molecule has 8 rings (SSSR count). The highest BCUT2D eigenvalue weighted by molar-refractivity contribution is 5.92. The smallest absolute Gasteiger partial charge is 0.408 e. The number of carbonyl (C=O) groups excluding carboxylic acids is 3. The van der Waals surface area contributed by atoms with Crippen molar-refractivity contribution < 1.29 is 23.9 Å². The van der Waals surface area contributed by atoms with Crippen molar-refractivity contribution in [1.82, 2.24) is 20.5 Å². The fourth-order valence-corrected chi connectivity index (χ4v) is 8.77. The second kappa shape index (κ2) is 13.5. The summed E-state index contributed by atoms with van der Waals surface area (Å²) in [5, 5.41) is 7.17. The lowest BCUT2D eigenvalue weighted by molar-refractivity contribution is -0.141. The number of aromatic amines is 1. The van der Waals surface area contributed by atoms with E-state index in [0.29, 0.717) is 30.3 Å². The number of nitrogens with one attached hydrogen (secondary N) is 3. The van der Waals surface area contributed by atoms with Crippen LogP contribution < -0.4 is 10.6 Å². The molecule has 5 aliphatic rings. The van der Waals surface area contributed by atoms with Crippen LogP contribution in [0.15, 0.2) is 84.8 Å². The zero-order chi connectivity index (χ0) is 33.3. The fraction of sp³-hybridized carbons (Fsp3) is 0.462. The zero-order valence-electron chi connectivity index (χ0n) is 27.8. The summed E-state index contributed by atoms with van der Waals surface area (Å²) < 4.78 is 12.0. The number of para-hydroxylation sites is 1. The Hall–Kier alpha value is -4.53. The molecule has 0 saturated heterocycles. The highest BCUT2D eigenvalue weighted by atomic mass is 16.6. The number of carbonyl (C=O) groups is 3. The van der Waals surface area contributed by atoms with Gasteiger partial charge in [0.05, 0.1) is 11.6 Å². The van der Waals surface area contributed by atoms with Crippen molar-refractivity contribution >= 4 is 28.9 Å². The van der Waals surface area contributed by atoms with Gasteiger partial charge in [0, 0.05) is 43.2 Å². The van der Waals surface area contributed by atoms with Gasteiger partial charge in [0.15, 0.2) is 0 Å². The topological polar surface area (TPSA) is 113 Å². The van der Waals surface area contributed by atoms with Crippen LogP contribution in [0.25, 0.3) is 10.9 Å². The summed E-state index contributed by atoms with van der Waals surface area (Å²) in [6, 6.07) is 17.2. The van der Waals surface area contributed by atoms with Gasteiger partial charge in [-0.1, -0.05) is 54.6 Å². The fourth-order valence-electron chi connectivity index (χ4n) is 8.77. The molecule has 48 heavy (non-hydrogen) atoms. The monoisotopic (exact) mass is 650 g/mol. The highest BCUT2D eigenvalue weighted by Gasteiger charge is 2.50. The molecule has 3 N–H and O–H groups in total. The summed E-state index contributed by atoms with van der Waals surface area (Å²) in [6.45, 7) is 1.73. The number of hydrogen-bond donors (Lipinski definition) is 3. The van der Waals surface area contributed by atoms with E-state index in [9.17, 15) is 14.4 Å². The zero-order valence-corrected chi connectivity index (χ0v) is 27.8. The van der Waals surface area contributed by atoms with E-state index in [0.717, 1.165) is 59.5 Å². The Balaban J connectivity index is 1.10. The normalized spacial score (nSPS) is 26.0. The Kier molecular flexibility index (Phi) is 9.03. The van der Waals surface area contributed by atoms with Gasteiger partial charge in [-0.2, -0.15) is 0 Å². The Labute approximate surface area is 282 Å². The molecule has 2 heterocycles. The van der Waals surface area contributed by atoms with Gasteiger partial charge < -0.3 is 30.0 Å². The first-order valence-electron chi connectivity index (χ1n) is 17.4. The van der Waals surface area contributed by atoms with Gasteiger partial charge in [0.1, 0.15) is 18.2 Å². The maximum Gasteiger partial charge on any atom is 0.408 e. The molecule has 4 bridgehead atoms. The molecule has 2 aromatic carbocycles. The first kappa shape index (κ1) is 32.0. The number of aromatic nitrogens is 1. The Morgan fingerprint density at radius 2 is 1.69 bits per heavy atom. The average molecular weight is 651 g/mol. The molecule has 252 valence electrons. The number of ether oxygens (including phenoxy) is 2. The van der Waals surface area contributed by atoms with Gasteiger partial charge in [-0.3, -0.25) is 4.79 Å². The number of fused-ring (bicyclic) bond motifs is 1. The van der Waals surface area contributed by atoms with E-state index in [1.54, 1.807) is 13.1 Å². The predicted octanol–water partition coefficient (Wildman–Crippen LogP) is 6.02. The maximum atomic E-state index is 14.4. The summed E-state index contributed by atoms with van der Waals surface area (Å²) in [6.07, 6.45) is 13.8. The lowest BCUT2D eigenvalue weighted by Gasteiger charge is -2.53. The van der Waals surface area contributed by atoms with Crippen molar-refractivity contribution in [2.24, 2.45) is 23.7 Å². The van der Waals surface area contributed by atoms with E-state index in [-0.39, 0.29) is 25.0 Å². The van der Waals surface area contributed by atoms with E-state index in [2.05, 4.69) is 15.6 Å². The van der Waals surface area contributed by atoms with Crippen LogP contribution in [-0.4, -0.2) is 59.2 Å². The average Bonchev–Trinajstić information content (AvgIpc) is 3.47. The third kappa shape index (κ3) is 7.00.